The molecule has 2 N–H and O–H groups in total. The summed E-state index contributed by atoms with van der Waals surface area (Å²) in [6.45, 7) is 2.84. The molecule has 0 radical (unpaired) electrons. The third-order valence-corrected chi connectivity index (χ3v) is 7.42. The van der Waals surface area contributed by atoms with Gasteiger partial charge in [-0.3, -0.25) is 9.69 Å². The fourth-order valence-corrected chi connectivity index (χ4v) is 6.01. The molecule has 0 bridgehead atoms. The van der Waals surface area contributed by atoms with Crippen LogP contribution in [0.15, 0.2) is 65.8 Å². The summed E-state index contributed by atoms with van der Waals surface area (Å²) in [7, 11) is 0. The minimum absolute atomic E-state index is 0.0647. The lowest BCUT2D eigenvalue weighted by Gasteiger charge is -2.26. The highest BCUT2D eigenvalue weighted by atomic mass is 32.2. The van der Waals surface area contributed by atoms with Gasteiger partial charge in [0, 0.05) is 30.1 Å². The fraction of sp³-hybridized carbons (Fsp3) is 0.208. The molecular formula is C24H22N4OS2. The van der Waals surface area contributed by atoms with Gasteiger partial charge in [-0.2, -0.15) is 0 Å². The van der Waals surface area contributed by atoms with Crippen LogP contribution < -0.4 is 5.73 Å². The summed E-state index contributed by atoms with van der Waals surface area (Å²) >= 11 is 3.05. The van der Waals surface area contributed by atoms with Crippen molar-refractivity contribution in [3.63, 3.8) is 0 Å². The van der Waals surface area contributed by atoms with Gasteiger partial charge in [0.15, 0.2) is 10.9 Å². The maximum absolute atomic E-state index is 12.4. The standard InChI is InChI=1S/C24H22N4OS2/c25-22-21-18-11-12-28(13-16-7-3-1-4-8-16)14-20(18)31-23(21)27-24(26-22)30-15-19(29)17-9-5-2-6-10-17/h1-10H,11-15H2,(H2,25,26,27). The van der Waals surface area contributed by atoms with Gasteiger partial charge in [-0.1, -0.05) is 72.4 Å². The van der Waals surface area contributed by atoms with Crippen LogP contribution in [0, 0.1) is 0 Å². The van der Waals surface area contributed by atoms with E-state index in [9.17, 15) is 4.79 Å². The average molecular weight is 447 g/mol. The number of hydrogen-bond acceptors (Lipinski definition) is 7. The van der Waals surface area contributed by atoms with Crippen LogP contribution in [-0.2, 0) is 19.5 Å². The molecule has 2 aromatic heterocycles. The number of nitrogens with zero attached hydrogens (tertiary/aromatic N) is 3. The molecule has 1 aliphatic heterocycles. The normalized spacial score (nSPS) is 13.9. The SMILES string of the molecule is Nc1nc(SCC(=O)c2ccccc2)nc2sc3c(c12)CCN(Cc1ccccc1)C3. The molecule has 0 atom stereocenters. The van der Waals surface area contributed by atoms with E-state index in [1.165, 1.54) is 27.8 Å². The lowest BCUT2D eigenvalue weighted by atomic mass is 10.0. The van der Waals surface area contributed by atoms with Gasteiger partial charge >= 0.3 is 0 Å². The van der Waals surface area contributed by atoms with Crippen molar-refractivity contribution in [1.82, 2.24) is 14.9 Å². The van der Waals surface area contributed by atoms with E-state index in [0.29, 0.717) is 22.3 Å². The average Bonchev–Trinajstić information content (AvgIpc) is 3.17. The number of anilines is 1. The number of benzene rings is 2. The van der Waals surface area contributed by atoms with E-state index in [0.717, 1.165) is 36.3 Å². The van der Waals surface area contributed by atoms with Crippen LogP contribution in [-0.4, -0.2) is 32.9 Å². The third kappa shape index (κ3) is 4.35. The molecule has 0 aliphatic carbocycles. The monoisotopic (exact) mass is 446 g/mol. The molecule has 3 heterocycles. The van der Waals surface area contributed by atoms with Gasteiger partial charge in [0.2, 0.25) is 0 Å². The second-order valence-electron chi connectivity index (χ2n) is 7.60. The van der Waals surface area contributed by atoms with E-state index >= 15 is 0 Å². The van der Waals surface area contributed by atoms with Crippen molar-refractivity contribution >= 4 is 44.9 Å². The first-order valence-electron chi connectivity index (χ1n) is 10.2. The van der Waals surface area contributed by atoms with Gasteiger partial charge in [0.05, 0.1) is 11.1 Å². The number of rotatable bonds is 6. The lowest BCUT2D eigenvalue weighted by molar-refractivity contribution is 0.102. The molecule has 7 heteroatoms. The maximum Gasteiger partial charge on any atom is 0.191 e. The Morgan fingerprint density at radius 1 is 1.06 bits per heavy atom. The summed E-state index contributed by atoms with van der Waals surface area (Å²) in [5, 5.41) is 1.56. The molecule has 2 aromatic carbocycles. The summed E-state index contributed by atoms with van der Waals surface area (Å²) in [5.41, 5.74) is 9.67. The number of carbonyl (C=O) groups is 1. The van der Waals surface area contributed by atoms with Crippen molar-refractivity contribution in [2.75, 3.05) is 18.0 Å². The second kappa shape index (κ2) is 8.78. The fourth-order valence-electron chi connectivity index (χ4n) is 3.93. The Bertz CT molecular complexity index is 1220. The Morgan fingerprint density at radius 2 is 1.81 bits per heavy atom. The summed E-state index contributed by atoms with van der Waals surface area (Å²) in [5.74, 6) is 0.883. The minimum Gasteiger partial charge on any atom is -0.383 e. The highest BCUT2D eigenvalue weighted by molar-refractivity contribution is 7.99. The highest BCUT2D eigenvalue weighted by Gasteiger charge is 2.24. The summed E-state index contributed by atoms with van der Waals surface area (Å²) in [4.78, 5) is 26.3. The topological polar surface area (TPSA) is 72.1 Å². The van der Waals surface area contributed by atoms with Crippen LogP contribution in [0.2, 0.25) is 0 Å². The molecule has 5 rings (SSSR count). The molecule has 4 aromatic rings. The number of hydrogen-bond donors (Lipinski definition) is 1. The quantitative estimate of drug-likeness (QED) is 0.260. The van der Waals surface area contributed by atoms with E-state index in [1.807, 2.05) is 36.4 Å². The molecule has 1 aliphatic rings. The molecule has 31 heavy (non-hydrogen) atoms. The molecule has 0 spiro atoms. The number of Topliss-reactive ketones (excluding diaryl/α,β-unsaturated/α-hetero) is 1. The first-order valence-corrected chi connectivity index (χ1v) is 12.0. The zero-order valence-corrected chi connectivity index (χ0v) is 18.6. The Morgan fingerprint density at radius 3 is 2.58 bits per heavy atom. The van der Waals surface area contributed by atoms with E-state index in [1.54, 1.807) is 11.3 Å². The van der Waals surface area contributed by atoms with Crippen molar-refractivity contribution in [1.29, 1.82) is 0 Å². The number of aromatic nitrogens is 2. The van der Waals surface area contributed by atoms with Crippen LogP contribution in [0.1, 0.15) is 26.4 Å². The molecule has 0 saturated heterocycles. The summed E-state index contributed by atoms with van der Waals surface area (Å²) in [6.07, 6.45) is 0.953. The van der Waals surface area contributed by atoms with Crippen LogP contribution in [0.4, 0.5) is 5.82 Å². The van der Waals surface area contributed by atoms with Gasteiger partial charge in [-0.25, -0.2) is 9.97 Å². The van der Waals surface area contributed by atoms with E-state index in [2.05, 4.69) is 34.1 Å². The number of carbonyl (C=O) groups excluding carboxylic acids is 1. The zero-order chi connectivity index (χ0) is 21.2. The first-order chi connectivity index (χ1) is 15.2. The van der Waals surface area contributed by atoms with Crippen LogP contribution in [0.3, 0.4) is 0 Å². The maximum atomic E-state index is 12.4. The van der Waals surface area contributed by atoms with Gasteiger partial charge in [-0.05, 0) is 17.5 Å². The summed E-state index contributed by atoms with van der Waals surface area (Å²) < 4.78 is 0. The molecule has 0 amide bonds. The lowest BCUT2D eigenvalue weighted by Crippen LogP contribution is -2.29. The minimum atomic E-state index is 0.0647. The van der Waals surface area contributed by atoms with Gasteiger partial charge in [0.25, 0.3) is 0 Å². The van der Waals surface area contributed by atoms with Crippen molar-refractivity contribution < 1.29 is 4.79 Å². The van der Waals surface area contributed by atoms with Crippen LogP contribution >= 0.6 is 23.1 Å². The van der Waals surface area contributed by atoms with Crippen LogP contribution in [0.5, 0.6) is 0 Å². The first kappa shape index (κ1) is 20.2. The predicted molar refractivity (Wildman–Crippen MR) is 128 cm³/mol. The third-order valence-electron chi connectivity index (χ3n) is 5.46. The molecular weight excluding hydrogens is 424 g/mol. The largest absolute Gasteiger partial charge is 0.383 e. The number of nitrogens with two attached hydrogens (primary N) is 1. The number of ketones is 1. The number of nitrogen functional groups attached to an aromatic ring is 1. The van der Waals surface area contributed by atoms with Crippen molar-refractivity contribution in [3.05, 3.63) is 82.2 Å². The molecule has 0 saturated carbocycles. The number of thiophene rings is 1. The van der Waals surface area contributed by atoms with E-state index in [-0.39, 0.29) is 5.78 Å². The summed E-state index contributed by atoms with van der Waals surface area (Å²) in [6, 6.07) is 19.9. The predicted octanol–water partition coefficient (Wildman–Crippen LogP) is 4.81. The Labute approximate surface area is 189 Å². The molecule has 156 valence electrons. The van der Waals surface area contributed by atoms with Crippen molar-refractivity contribution in [2.45, 2.75) is 24.7 Å². The zero-order valence-electron chi connectivity index (χ0n) is 17.0. The van der Waals surface area contributed by atoms with E-state index < -0.39 is 0 Å². The highest BCUT2D eigenvalue weighted by Crippen LogP contribution is 2.38. The van der Waals surface area contributed by atoms with Gasteiger partial charge in [-0.15, -0.1) is 11.3 Å². The number of thioether (sulfide) groups is 1. The second-order valence-corrected chi connectivity index (χ2v) is 9.63. The van der Waals surface area contributed by atoms with Gasteiger partial charge < -0.3 is 5.73 Å². The van der Waals surface area contributed by atoms with E-state index in [4.69, 9.17) is 10.7 Å². The molecule has 0 fully saturated rings. The van der Waals surface area contributed by atoms with Crippen molar-refractivity contribution in [2.24, 2.45) is 0 Å². The smallest absolute Gasteiger partial charge is 0.191 e. The van der Waals surface area contributed by atoms with Gasteiger partial charge in [0.1, 0.15) is 10.6 Å². The molecule has 5 nitrogen and oxygen atoms in total. The van der Waals surface area contributed by atoms with Crippen LogP contribution in [0.25, 0.3) is 10.2 Å². The Kier molecular flexibility index (Phi) is 5.72. The Balaban J connectivity index is 1.33. The number of fused-ring (bicyclic) bond motifs is 3. The Hall–Kier alpha value is -2.74. The molecule has 0 unspecified atom stereocenters. The van der Waals surface area contributed by atoms with Crippen molar-refractivity contribution in [3.8, 4) is 0 Å².